The monoisotopic (exact) mass is 511 g/mol. The molecular weight excluding hydrogens is 470 g/mol. The number of aliphatic carboxylic acids is 2. The number of carbonyl (C=O) groups excluding carboxylic acids is 1. The van der Waals surface area contributed by atoms with Crippen molar-refractivity contribution >= 4 is 29.1 Å². The molecule has 2 rings (SSSR count). The fourth-order valence-electron chi connectivity index (χ4n) is 3.58. The minimum atomic E-state index is -0.852. The van der Waals surface area contributed by atoms with Crippen LogP contribution in [0, 0.1) is 5.92 Å². The third-order valence-electron chi connectivity index (χ3n) is 5.84. The molecule has 0 saturated heterocycles. The van der Waals surface area contributed by atoms with Crippen LogP contribution in [0.3, 0.4) is 0 Å². The Morgan fingerprint density at radius 1 is 0.919 bits per heavy atom. The Morgan fingerprint density at radius 3 is 2.08 bits per heavy atom. The van der Waals surface area contributed by atoms with Crippen molar-refractivity contribution in [3.8, 4) is 5.75 Å². The second-order valence-corrected chi connectivity index (χ2v) is 8.89. The summed E-state index contributed by atoms with van der Waals surface area (Å²) in [5.74, 6) is -0.565. The number of amides is 1. The summed E-state index contributed by atoms with van der Waals surface area (Å²) < 4.78 is 5.64. The average Bonchev–Trinajstić information content (AvgIpc) is 2.86. The van der Waals surface area contributed by atoms with Gasteiger partial charge < -0.3 is 20.3 Å². The van der Waals surface area contributed by atoms with Crippen molar-refractivity contribution < 1.29 is 29.3 Å². The molecule has 0 unspecified atom stereocenters. The quantitative estimate of drug-likeness (QED) is 0.189. The van der Waals surface area contributed by atoms with Crippen molar-refractivity contribution in [3.63, 3.8) is 0 Å². The van der Waals surface area contributed by atoms with Gasteiger partial charge in [0.05, 0.1) is 12.3 Å². The molecule has 0 saturated carbocycles. The van der Waals surface area contributed by atoms with Crippen LogP contribution in [0.1, 0.15) is 77.3 Å². The minimum Gasteiger partial charge on any atom is -0.491 e. The highest BCUT2D eigenvalue weighted by Crippen LogP contribution is 2.25. The van der Waals surface area contributed by atoms with Gasteiger partial charge in [-0.1, -0.05) is 70.0 Å². The molecule has 0 spiro atoms. The Labute approximate surface area is 220 Å². The first kappa shape index (κ1) is 31.4. The number of nitrogens with one attached hydrogen (secondary N) is 1. The molecule has 202 valence electrons. The van der Waals surface area contributed by atoms with Crippen LogP contribution >= 0.6 is 0 Å². The Morgan fingerprint density at radius 2 is 1.54 bits per heavy atom. The number of hydrogen-bond acceptors (Lipinski definition) is 4. The van der Waals surface area contributed by atoms with Crippen molar-refractivity contribution in [2.75, 3.05) is 11.9 Å². The molecule has 7 nitrogen and oxygen atoms in total. The summed E-state index contributed by atoms with van der Waals surface area (Å²) in [6.45, 7) is 8.50. The van der Waals surface area contributed by atoms with Crippen molar-refractivity contribution in [1.29, 1.82) is 0 Å². The first-order valence-electron chi connectivity index (χ1n) is 12.9. The zero-order valence-corrected chi connectivity index (χ0v) is 22.5. The van der Waals surface area contributed by atoms with Crippen molar-refractivity contribution in [2.24, 2.45) is 5.92 Å². The fraction of sp³-hybridized carbons (Fsp3) is 0.433. The molecule has 0 radical (unpaired) electrons. The molecule has 0 aliphatic rings. The molecule has 1 amide bonds. The van der Waals surface area contributed by atoms with E-state index in [0.717, 1.165) is 24.0 Å². The lowest BCUT2D eigenvalue weighted by Crippen LogP contribution is -2.11. The summed E-state index contributed by atoms with van der Waals surface area (Å²) in [5, 5.41) is 19.5. The van der Waals surface area contributed by atoms with Crippen LogP contribution in [-0.4, -0.2) is 34.7 Å². The van der Waals surface area contributed by atoms with E-state index in [2.05, 4.69) is 43.4 Å². The molecule has 0 aromatic heterocycles. The van der Waals surface area contributed by atoms with Crippen LogP contribution in [-0.2, 0) is 20.8 Å². The molecule has 0 atom stereocenters. The predicted molar refractivity (Wildman–Crippen MR) is 148 cm³/mol. The normalized spacial score (nSPS) is 10.9. The summed E-state index contributed by atoms with van der Waals surface area (Å²) in [5.41, 5.74) is 3.78. The molecule has 0 aliphatic carbocycles. The minimum absolute atomic E-state index is 0.0484. The summed E-state index contributed by atoms with van der Waals surface area (Å²) in [7, 11) is 0. The van der Waals surface area contributed by atoms with Gasteiger partial charge in [0.2, 0.25) is 5.91 Å². The first-order valence-corrected chi connectivity index (χ1v) is 12.9. The Bertz CT molecular complexity index is 1010. The second-order valence-electron chi connectivity index (χ2n) is 8.89. The Kier molecular flexibility index (Phi) is 15.1. The Hall–Kier alpha value is -3.61. The number of carbonyl (C=O) groups is 3. The smallest absolute Gasteiger partial charge is 0.303 e. The largest absolute Gasteiger partial charge is 0.491 e. The van der Waals surface area contributed by atoms with E-state index in [9.17, 15) is 14.4 Å². The van der Waals surface area contributed by atoms with E-state index in [1.807, 2.05) is 26.0 Å². The highest BCUT2D eigenvalue weighted by molar-refractivity contribution is 6.04. The number of carboxylic acids is 2. The van der Waals surface area contributed by atoms with Crippen molar-refractivity contribution in [3.05, 3.63) is 65.7 Å². The first-order chi connectivity index (χ1) is 17.7. The van der Waals surface area contributed by atoms with E-state index < -0.39 is 11.9 Å². The van der Waals surface area contributed by atoms with Gasteiger partial charge in [0.15, 0.2) is 0 Å². The highest BCUT2D eigenvalue weighted by Gasteiger charge is 2.09. The van der Waals surface area contributed by atoms with E-state index in [1.54, 1.807) is 18.2 Å². The number of para-hydroxylation sites is 2. The molecule has 0 fully saturated rings. The van der Waals surface area contributed by atoms with E-state index in [4.69, 9.17) is 14.9 Å². The molecular formula is C30H41NO6. The zero-order valence-electron chi connectivity index (χ0n) is 22.5. The average molecular weight is 512 g/mol. The van der Waals surface area contributed by atoms with Crippen molar-refractivity contribution in [2.45, 2.75) is 72.6 Å². The third-order valence-corrected chi connectivity index (χ3v) is 5.84. The number of carboxylic acid groups (broad SMARTS) is 2. The lowest BCUT2D eigenvalue weighted by atomic mass is 9.93. The van der Waals surface area contributed by atoms with Gasteiger partial charge in [-0.3, -0.25) is 14.4 Å². The summed E-state index contributed by atoms with van der Waals surface area (Å²) in [6.07, 6.45) is 6.51. The number of rotatable bonds is 14. The van der Waals surface area contributed by atoms with Gasteiger partial charge in [-0.2, -0.15) is 0 Å². The van der Waals surface area contributed by atoms with E-state index in [0.29, 0.717) is 30.2 Å². The van der Waals surface area contributed by atoms with Crippen LogP contribution in [0.25, 0.3) is 5.57 Å². The number of anilines is 1. The third kappa shape index (κ3) is 13.3. The van der Waals surface area contributed by atoms with E-state index >= 15 is 0 Å². The Balaban J connectivity index is 0.00000102. The summed E-state index contributed by atoms with van der Waals surface area (Å²) >= 11 is 0. The van der Waals surface area contributed by atoms with Gasteiger partial charge in [-0.25, -0.2) is 0 Å². The predicted octanol–water partition coefficient (Wildman–Crippen LogP) is 6.82. The lowest BCUT2D eigenvalue weighted by molar-refractivity contribution is -0.138. The molecule has 0 aliphatic heterocycles. The summed E-state index contributed by atoms with van der Waals surface area (Å²) in [4.78, 5) is 32.8. The maximum absolute atomic E-state index is 12.5. The molecule has 0 bridgehead atoms. The molecule has 2 aromatic carbocycles. The topological polar surface area (TPSA) is 113 Å². The zero-order chi connectivity index (χ0) is 27.6. The van der Waals surface area contributed by atoms with Gasteiger partial charge in [0, 0.05) is 18.9 Å². The van der Waals surface area contributed by atoms with Gasteiger partial charge in [-0.05, 0) is 60.9 Å². The highest BCUT2D eigenvalue weighted by atomic mass is 16.5. The molecule has 37 heavy (non-hydrogen) atoms. The van der Waals surface area contributed by atoms with E-state index in [1.165, 1.54) is 18.4 Å². The van der Waals surface area contributed by atoms with Crippen LogP contribution in [0.4, 0.5) is 5.69 Å². The van der Waals surface area contributed by atoms with Crippen LogP contribution in [0.2, 0.25) is 0 Å². The van der Waals surface area contributed by atoms with Gasteiger partial charge >= 0.3 is 11.9 Å². The number of ether oxygens (including phenoxy) is 1. The number of benzene rings is 2. The van der Waals surface area contributed by atoms with Gasteiger partial charge in [0.1, 0.15) is 5.75 Å². The lowest BCUT2D eigenvalue weighted by Gasteiger charge is -2.13. The molecule has 0 heterocycles. The van der Waals surface area contributed by atoms with Gasteiger partial charge in [-0.15, -0.1) is 0 Å². The fourth-order valence-corrected chi connectivity index (χ4v) is 3.58. The summed E-state index contributed by atoms with van der Waals surface area (Å²) in [6, 6.07) is 15.6. The maximum atomic E-state index is 12.5. The van der Waals surface area contributed by atoms with Crippen LogP contribution < -0.4 is 10.1 Å². The number of hydrogen-bond donors (Lipinski definition) is 3. The number of allylic oxidation sites excluding steroid dienone is 1. The van der Waals surface area contributed by atoms with Crippen molar-refractivity contribution in [1.82, 2.24) is 0 Å². The molecule has 7 heteroatoms. The van der Waals surface area contributed by atoms with Crippen LogP contribution in [0.15, 0.2) is 54.6 Å². The SMILES string of the molecule is CCC(CC)Cc1ccc(C(C)=CC(=O)Nc2ccccc2OCCCC(=O)O)cc1.CCCC(=O)O. The standard InChI is InChI=1S/C26H33NO4.C4H8O2/c1-4-20(5-2)18-21-12-14-22(15-13-21)19(3)17-25(28)27-23-9-6-7-10-24(23)31-16-8-11-26(29)30;1-2-3-4(5)6/h6-7,9-10,12-15,17,20H,4-5,8,11,16,18H2,1-3H3,(H,27,28)(H,29,30);2-3H2,1H3,(H,5,6). The molecule has 2 aromatic rings. The second kappa shape index (κ2) is 17.8. The van der Waals surface area contributed by atoms with Crippen LogP contribution in [0.5, 0.6) is 5.75 Å². The molecule has 3 N–H and O–H groups in total. The van der Waals surface area contributed by atoms with Gasteiger partial charge in [0.25, 0.3) is 0 Å². The van der Waals surface area contributed by atoms with E-state index in [-0.39, 0.29) is 18.9 Å². The maximum Gasteiger partial charge on any atom is 0.303 e.